The highest BCUT2D eigenvalue weighted by Crippen LogP contribution is 2.49. The van der Waals surface area contributed by atoms with Crippen LogP contribution in [0.15, 0.2) is 58.3 Å². The number of benzene rings is 2. The fourth-order valence-corrected chi connectivity index (χ4v) is 4.19. The molecule has 0 bridgehead atoms. The van der Waals surface area contributed by atoms with Crippen LogP contribution in [0.4, 0.5) is 11.4 Å². The Balaban J connectivity index is 2.06. The van der Waals surface area contributed by atoms with Gasteiger partial charge in [0.05, 0.1) is 11.4 Å². The highest BCUT2D eigenvalue weighted by Gasteiger charge is 2.29. The summed E-state index contributed by atoms with van der Waals surface area (Å²) < 4.78 is 0. The molecule has 23 heavy (non-hydrogen) atoms. The van der Waals surface area contributed by atoms with E-state index in [1.165, 1.54) is 21.2 Å². The van der Waals surface area contributed by atoms with E-state index < -0.39 is 0 Å². The monoisotopic (exact) mass is 326 g/mol. The van der Waals surface area contributed by atoms with E-state index in [0.29, 0.717) is 6.42 Å². The maximum atomic E-state index is 11.6. The molecule has 1 aliphatic heterocycles. The maximum Gasteiger partial charge on any atom is 0.219 e. The first-order valence-corrected chi connectivity index (χ1v) is 8.95. The van der Waals surface area contributed by atoms with Crippen LogP contribution in [0.3, 0.4) is 0 Å². The van der Waals surface area contributed by atoms with Gasteiger partial charge >= 0.3 is 0 Å². The zero-order valence-electron chi connectivity index (χ0n) is 13.4. The van der Waals surface area contributed by atoms with Gasteiger partial charge in [-0.2, -0.15) is 0 Å². The van der Waals surface area contributed by atoms with Crippen molar-refractivity contribution in [3.8, 4) is 0 Å². The van der Waals surface area contributed by atoms with Crippen molar-refractivity contribution in [1.82, 2.24) is 0 Å². The Labute approximate surface area is 141 Å². The lowest BCUT2D eigenvalue weighted by Crippen LogP contribution is -2.36. The topological polar surface area (TPSA) is 46.3 Å². The first-order chi connectivity index (χ1) is 11.2. The van der Waals surface area contributed by atoms with Crippen LogP contribution in [-0.4, -0.2) is 11.9 Å². The predicted octanol–water partition coefficient (Wildman–Crippen LogP) is 4.72. The van der Waals surface area contributed by atoms with Crippen molar-refractivity contribution in [2.24, 2.45) is 5.73 Å². The highest BCUT2D eigenvalue weighted by molar-refractivity contribution is 7.99. The van der Waals surface area contributed by atoms with E-state index in [9.17, 15) is 4.79 Å². The summed E-state index contributed by atoms with van der Waals surface area (Å²) in [6.07, 6.45) is 3.55. The molecule has 1 amide bonds. The van der Waals surface area contributed by atoms with E-state index in [1.807, 2.05) is 0 Å². The number of fused-ring (bicyclic) bond motifs is 2. The van der Waals surface area contributed by atoms with Gasteiger partial charge in [0.15, 0.2) is 0 Å². The number of nitrogens with two attached hydrogens (primary N) is 1. The van der Waals surface area contributed by atoms with Gasteiger partial charge < -0.3 is 10.6 Å². The Morgan fingerprint density at radius 2 is 1.65 bits per heavy atom. The number of anilines is 2. The summed E-state index contributed by atoms with van der Waals surface area (Å²) in [4.78, 5) is 16.4. The molecule has 0 saturated heterocycles. The number of amides is 1. The fraction of sp³-hybridized carbons (Fsp3) is 0.316. The van der Waals surface area contributed by atoms with Gasteiger partial charge in [-0.15, -0.1) is 0 Å². The van der Waals surface area contributed by atoms with Gasteiger partial charge in [-0.05, 0) is 30.7 Å². The number of hydrogen-bond donors (Lipinski definition) is 1. The summed E-state index contributed by atoms with van der Waals surface area (Å²) in [5, 5.41) is 0. The molecule has 1 heterocycles. The number of primary amides is 1. The van der Waals surface area contributed by atoms with Crippen LogP contribution in [0.25, 0.3) is 0 Å². The highest BCUT2D eigenvalue weighted by atomic mass is 32.2. The molecule has 2 aromatic rings. The lowest BCUT2D eigenvalue weighted by molar-refractivity contribution is -0.118. The van der Waals surface area contributed by atoms with E-state index in [2.05, 4.69) is 60.4 Å². The molecule has 0 spiro atoms. The van der Waals surface area contributed by atoms with Crippen molar-refractivity contribution in [1.29, 1.82) is 0 Å². The number of carbonyl (C=O) groups excluding carboxylic acids is 1. The summed E-state index contributed by atoms with van der Waals surface area (Å²) in [6, 6.07) is 16.9. The van der Waals surface area contributed by atoms with Gasteiger partial charge in [0.2, 0.25) is 5.91 Å². The van der Waals surface area contributed by atoms with Crippen LogP contribution in [0.1, 0.15) is 32.6 Å². The Morgan fingerprint density at radius 1 is 1.09 bits per heavy atom. The summed E-state index contributed by atoms with van der Waals surface area (Å²) in [5.41, 5.74) is 7.90. The van der Waals surface area contributed by atoms with Gasteiger partial charge in [0, 0.05) is 22.3 Å². The van der Waals surface area contributed by atoms with E-state index in [1.54, 1.807) is 11.8 Å². The average Bonchev–Trinajstić information content (AvgIpc) is 2.56. The van der Waals surface area contributed by atoms with Crippen molar-refractivity contribution in [3.63, 3.8) is 0 Å². The third kappa shape index (κ3) is 3.37. The number of unbranched alkanes of at least 4 members (excludes halogenated alkanes) is 1. The third-order valence-electron chi connectivity index (χ3n) is 4.16. The van der Waals surface area contributed by atoms with Gasteiger partial charge in [-0.25, -0.2) is 0 Å². The van der Waals surface area contributed by atoms with E-state index >= 15 is 0 Å². The molecule has 0 saturated carbocycles. The lowest BCUT2D eigenvalue weighted by Gasteiger charge is -2.38. The number of nitrogens with zero attached hydrogens (tertiary/aromatic N) is 1. The van der Waals surface area contributed by atoms with Crippen molar-refractivity contribution in [2.75, 3.05) is 4.90 Å². The van der Waals surface area contributed by atoms with Gasteiger partial charge in [-0.1, -0.05) is 55.8 Å². The SMILES string of the molecule is CCCCC(CC(N)=O)N1c2ccccc2Sc2ccccc21. The summed E-state index contributed by atoms with van der Waals surface area (Å²) in [7, 11) is 0. The standard InChI is InChI=1S/C19H22N2OS/c1-2-3-8-14(13-19(20)22)21-15-9-4-6-11-17(15)23-18-12-7-5-10-16(18)21/h4-7,9-12,14H,2-3,8,13H2,1H3,(H2,20,22). The molecule has 2 aromatic carbocycles. The Kier molecular flexibility index (Phi) is 4.91. The number of rotatable bonds is 6. The molecule has 0 fully saturated rings. The molecule has 3 nitrogen and oxygen atoms in total. The van der Waals surface area contributed by atoms with Crippen LogP contribution < -0.4 is 10.6 Å². The summed E-state index contributed by atoms with van der Waals surface area (Å²) >= 11 is 1.79. The summed E-state index contributed by atoms with van der Waals surface area (Å²) in [6.45, 7) is 2.18. The molecule has 0 radical (unpaired) electrons. The van der Waals surface area contributed by atoms with E-state index in [-0.39, 0.29) is 11.9 Å². The quantitative estimate of drug-likeness (QED) is 0.835. The van der Waals surface area contributed by atoms with E-state index in [4.69, 9.17) is 5.73 Å². The Bertz CT molecular complexity index is 656. The smallest absolute Gasteiger partial charge is 0.219 e. The molecule has 0 aromatic heterocycles. The van der Waals surface area contributed by atoms with Crippen LogP contribution in [-0.2, 0) is 4.79 Å². The van der Waals surface area contributed by atoms with Crippen LogP contribution in [0.2, 0.25) is 0 Å². The molecular weight excluding hydrogens is 304 g/mol. The second-order valence-corrected chi connectivity index (χ2v) is 6.96. The first kappa shape index (κ1) is 15.9. The maximum absolute atomic E-state index is 11.6. The van der Waals surface area contributed by atoms with Crippen molar-refractivity contribution < 1.29 is 4.79 Å². The minimum absolute atomic E-state index is 0.107. The van der Waals surface area contributed by atoms with Gasteiger partial charge in [-0.3, -0.25) is 4.79 Å². The molecule has 2 N–H and O–H groups in total. The minimum Gasteiger partial charge on any atom is -0.370 e. The molecule has 120 valence electrons. The van der Waals surface area contributed by atoms with E-state index in [0.717, 1.165) is 19.3 Å². The fourth-order valence-electron chi connectivity index (χ4n) is 3.12. The van der Waals surface area contributed by atoms with Crippen molar-refractivity contribution in [3.05, 3.63) is 48.5 Å². The molecule has 1 unspecified atom stereocenters. The van der Waals surface area contributed by atoms with Crippen LogP contribution in [0, 0.1) is 0 Å². The zero-order valence-corrected chi connectivity index (χ0v) is 14.2. The molecule has 4 heteroatoms. The molecule has 3 rings (SSSR count). The van der Waals surface area contributed by atoms with Crippen LogP contribution >= 0.6 is 11.8 Å². The Morgan fingerprint density at radius 3 is 2.17 bits per heavy atom. The second kappa shape index (κ2) is 7.09. The molecule has 0 aliphatic carbocycles. The van der Waals surface area contributed by atoms with Crippen LogP contribution in [0.5, 0.6) is 0 Å². The van der Waals surface area contributed by atoms with Gasteiger partial charge in [0.25, 0.3) is 0 Å². The molecule has 1 atom stereocenters. The van der Waals surface area contributed by atoms with Crippen molar-refractivity contribution in [2.45, 2.75) is 48.4 Å². The minimum atomic E-state index is -0.237. The second-order valence-electron chi connectivity index (χ2n) is 5.87. The largest absolute Gasteiger partial charge is 0.370 e. The average molecular weight is 326 g/mol. The lowest BCUT2D eigenvalue weighted by atomic mass is 10.0. The van der Waals surface area contributed by atoms with Crippen molar-refractivity contribution >= 4 is 29.0 Å². The first-order valence-electron chi connectivity index (χ1n) is 8.14. The summed E-state index contributed by atoms with van der Waals surface area (Å²) in [5.74, 6) is -0.237. The predicted molar refractivity (Wildman–Crippen MR) is 96.3 cm³/mol. The van der Waals surface area contributed by atoms with Gasteiger partial charge in [0.1, 0.15) is 0 Å². The number of para-hydroxylation sites is 2. The zero-order chi connectivity index (χ0) is 16.2. The number of hydrogen-bond acceptors (Lipinski definition) is 3. The Hall–Kier alpha value is -1.94. The number of carbonyl (C=O) groups is 1. The molecular formula is C19H22N2OS. The third-order valence-corrected chi connectivity index (χ3v) is 5.29. The normalized spacial score (nSPS) is 14.0. The molecule has 1 aliphatic rings.